The Kier molecular flexibility index (Phi) is 6.59. The number of carboxylic acid groups (broad SMARTS) is 1. The van der Waals surface area contributed by atoms with Gasteiger partial charge in [-0.25, -0.2) is 4.79 Å². The van der Waals surface area contributed by atoms with Gasteiger partial charge in [0.05, 0.1) is 37.6 Å². The number of carboxylic acids is 1. The molecule has 0 bridgehead atoms. The van der Waals surface area contributed by atoms with Gasteiger partial charge in [-0.15, -0.1) is 0 Å². The van der Waals surface area contributed by atoms with Crippen molar-refractivity contribution in [2.24, 2.45) is 0 Å². The number of amides is 1. The molecule has 0 aliphatic rings. The number of nitrogens with one attached hydrogen (secondary N) is 1. The Morgan fingerprint density at radius 2 is 1.78 bits per heavy atom. The second-order valence-electron chi connectivity index (χ2n) is 5.09. The summed E-state index contributed by atoms with van der Waals surface area (Å²) < 4.78 is 28.4. The highest BCUT2D eigenvalue weighted by molar-refractivity contribution is 7.87. The summed E-state index contributed by atoms with van der Waals surface area (Å²) in [7, 11) is -4.00. The van der Waals surface area contributed by atoms with Crippen molar-refractivity contribution < 1.29 is 27.3 Å². The fraction of sp³-hybridized carbons (Fsp3) is 0.125. The molecule has 0 aromatic heterocycles. The summed E-state index contributed by atoms with van der Waals surface area (Å²) >= 11 is 17.8. The fourth-order valence-electron chi connectivity index (χ4n) is 2.02. The molecule has 144 valence electrons. The molecule has 2 N–H and O–H groups in total. The van der Waals surface area contributed by atoms with Crippen molar-refractivity contribution in [1.29, 1.82) is 0 Å². The van der Waals surface area contributed by atoms with E-state index in [0.29, 0.717) is 0 Å². The lowest BCUT2D eigenvalue weighted by molar-refractivity contribution is 0.0692. The predicted octanol–water partition coefficient (Wildman–Crippen LogP) is 4.33. The van der Waals surface area contributed by atoms with E-state index in [-0.39, 0.29) is 26.5 Å². The van der Waals surface area contributed by atoms with Gasteiger partial charge in [0.15, 0.2) is 5.75 Å². The molecular formula is C16H12Cl3NO6S. The van der Waals surface area contributed by atoms with Crippen molar-refractivity contribution in [2.45, 2.75) is 6.92 Å². The minimum Gasteiger partial charge on any atom is -0.478 e. The first kappa shape index (κ1) is 21.3. The number of hydrogen-bond donors (Lipinski definition) is 2. The molecular weight excluding hydrogens is 441 g/mol. The zero-order chi connectivity index (χ0) is 20.4. The number of hydrogen-bond acceptors (Lipinski definition) is 5. The topological polar surface area (TPSA) is 110 Å². The largest absolute Gasteiger partial charge is 0.478 e. The second kappa shape index (κ2) is 8.35. The van der Waals surface area contributed by atoms with Crippen LogP contribution in [0.25, 0.3) is 0 Å². The summed E-state index contributed by atoms with van der Waals surface area (Å²) in [6, 6.07) is 6.31. The van der Waals surface area contributed by atoms with E-state index in [0.717, 1.165) is 6.07 Å². The first-order valence-electron chi connectivity index (χ1n) is 7.30. The minimum absolute atomic E-state index is 0.00677. The molecule has 2 rings (SSSR count). The van der Waals surface area contributed by atoms with Crippen LogP contribution in [0.5, 0.6) is 5.75 Å². The van der Waals surface area contributed by atoms with E-state index in [4.69, 9.17) is 39.0 Å². The van der Waals surface area contributed by atoms with Gasteiger partial charge in [0.25, 0.3) is 5.91 Å². The molecule has 2 aromatic rings. The van der Waals surface area contributed by atoms with Gasteiger partial charge in [-0.2, -0.15) is 8.42 Å². The summed E-state index contributed by atoms with van der Waals surface area (Å²) in [4.78, 5) is 24.2. The Balaban J connectivity index is 2.54. The van der Waals surface area contributed by atoms with E-state index < -0.39 is 38.9 Å². The van der Waals surface area contributed by atoms with Crippen LogP contribution in [0.2, 0.25) is 15.1 Å². The van der Waals surface area contributed by atoms with Crippen molar-refractivity contribution in [1.82, 2.24) is 0 Å². The fourth-order valence-corrected chi connectivity index (χ4v) is 3.13. The number of carbonyl (C=O) groups is 2. The molecule has 27 heavy (non-hydrogen) atoms. The first-order chi connectivity index (χ1) is 12.6. The lowest BCUT2D eigenvalue weighted by atomic mass is 10.1. The zero-order valence-corrected chi connectivity index (χ0v) is 16.7. The van der Waals surface area contributed by atoms with Gasteiger partial charge in [-0.05, 0) is 31.2 Å². The Morgan fingerprint density at radius 1 is 1.11 bits per heavy atom. The summed E-state index contributed by atoms with van der Waals surface area (Å²) in [6.07, 6.45) is 0. The molecule has 2 aromatic carbocycles. The van der Waals surface area contributed by atoms with Crippen LogP contribution in [-0.4, -0.2) is 31.2 Å². The van der Waals surface area contributed by atoms with E-state index in [1.54, 1.807) is 0 Å². The maximum absolute atomic E-state index is 12.7. The number of aromatic carboxylic acids is 1. The highest BCUT2D eigenvalue weighted by atomic mass is 35.5. The predicted molar refractivity (Wildman–Crippen MR) is 103 cm³/mol. The third-order valence-electron chi connectivity index (χ3n) is 3.34. The van der Waals surface area contributed by atoms with Crippen LogP contribution in [0.4, 0.5) is 5.69 Å². The van der Waals surface area contributed by atoms with Crippen molar-refractivity contribution in [3.63, 3.8) is 0 Å². The maximum Gasteiger partial charge on any atom is 0.336 e. The van der Waals surface area contributed by atoms with Crippen molar-refractivity contribution >= 4 is 62.5 Å². The smallest absolute Gasteiger partial charge is 0.336 e. The number of benzene rings is 2. The standard InChI is InChI=1S/C16H12Cl3NO6S/c1-2-27(24,25)26-11-5-3-4-8(16(22)23)12(11)15(21)20-10-7-6-9(17)13(18)14(10)19/h3-7H,2H2,1H3,(H,20,21)(H,22,23). The molecule has 1 amide bonds. The Morgan fingerprint density at radius 3 is 2.37 bits per heavy atom. The number of halogens is 3. The lowest BCUT2D eigenvalue weighted by Gasteiger charge is -2.14. The van der Waals surface area contributed by atoms with E-state index in [9.17, 15) is 23.1 Å². The van der Waals surface area contributed by atoms with Crippen LogP contribution < -0.4 is 9.50 Å². The van der Waals surface area contributed by atoms with Gasteiger partial charge in [-0.1, -0.05) is 40.9 Å². The zero-order valence-electron chi connectivity index (χ0n) is 13.6. The molecule has 0 unspecified atom stereocenters. The van der Waals surface area contributed by atoms with Gasteiger partial charge in [0.2, 0.25) is 0 Å². The monoisotopic (exact) mass is 451 g/mol. The Hall–Kier alpha value is -2.00. The van der Waals surface area contributed by atoms with Gasteiger partial charge in [0.1, 0.15) is 0 Å². The quantitative estimate of drug-likeness (QED) is 0.499. The van der Waals surface area contributed by atoms with Crippen LogP contribution in [0, 0.1) is 0 Å². The summed E-state index contributed by atoms with van der Waals surface area (Å²) in [6.45, 7) is 1.34. The number of rotatable bonds is 6. The molecule has 0 saturated heterocycles. The molecule has 0 saturated carbocycles. The normalized spacial score (nSPS) is 11.1. The van der Waals surface area contributed by atoms with E-state index >= 15 is 0 Å². The molecule has 0 fully saturated rings. The Bertz CT molecular complexity index is 1020. The third-order valence-corrected chi connectivity index (χ3v) is 5.77. The molecule has 0 aliphatic heterocycles. The third kappa shape index (κ3) is 4.84. The van der Waals surface area contributed by atoms with E-state index in [2.05, 4.69) is 5.32 Å². The van der Waals surface area contributed by atoms with Crippen molar-refractivity contribution in [2.75, 3.05) is 11.1 Å². The molecule has 7 nitrogen and oxygen atoms in total. The van der Waals surface area contributed by atoms with Crippen LogP contribution >= 0.6 is 34.8 Å². The molecule has 0 spiro atoms. The second-order valence-corrected chi connectivity index (χ2v) is 8.11. The van der Waals surface area contributed by atoms with Crippen LogP contribution in [0.3, 0.4) is 0 Å². The van der Waals surface area contributed by atoms with Gasteiger partial charge in [-0.3, -0.25) is 4.79 Å². The van der Waals surface area contributed by atoms with Crippen LogP contribution in [-0.2, 0) is 10.1 Å². The van der Waals surface area contributed by atoms with Crippen LogP contribution in [0.1, 0.15) is 27.6 Å². The van der Waals surface area contributed by atoms with E-state index in [1.165, 1.54) is 31.2 Å². The van der Waals surface area contributed by atoms with Gasteiger partial charge in [0, 0.05) is 0 Å². The molecule has 0 heterocycles. The van der Waals surface area contributed by atoms with Crippen molar-refractivity contribution in [3.8, 4) is 5.75 Å². The first-order valence-corrected chi connectivity index (χ1v) is 10.0. The van der Waals surface area contributed by atoms with Crippen LogP contribution in [0.15, 0.2) is 30.3 Å². The average molecular weight is 453 g/mol. The van der Waals surface area contributed by atoms with E-state index in [1.807, 2.05) is 0 Å². The number of carbonyl (C=O) groups excluding carboxylic acids is 1. The number of anilines is 1. The summed E-state index contributed by atoms with van der Waals surface area (Å²) in [5.74, 6) is -3.19. The van der Waals surface area contributed by atoms with Gasteiger partial charge < -0.3 is 14.6 Å². The highest BCUT2D eigenvalue weighted by Crippen LogP contribution is 2.36. The summed E-state index contributed by atoms with van der Waals surface area (Å²) in [5, 5.41) is 11.8. The SMILES string of the molecule is CCS(=O)(=O)Oc1cccc(C(=O)O)c1C(=O)Nc1ccc(Cl)c(Cl)c1Cl. The van der Waals surface area contributed by atoms with Crippen molar-refractivity contribution in [3.05, 3.63) is 56.5 Å². The molecule has 0 radical (unpaired) electrons. The molecule has 11 heteroatoms. The highest BCUT2D eigenvalue weighted by Gasteiger charge is 2.25. The van der Waals surface area contributed by atoms with Gasteiger partial charge >= 0.3 is 16.1 Å². The summed E-state index contributed by atoms with van der Waals surface area (Å²) in [5.41, 5.74) is -0.878. The minimum atomic E-state index is -4.00. The molecule has 0 aliphatic carbocycles. The Labute approximate surface area is 169 Å². The lowest BCUT2D eigenvalue weighted by Crippen LogP contribution is -2.20. The maximum atomic E-state index is 12.7. The molecule has 0 atom stereocenters. The average Bonchev–Trinajstić information content (AvgIpc) is 2.61.